The van der Waals surface area contributed by atoms with Crippen LogP contribution in [0.3, 0.4) is 0 Å². The van der Waals surface area contributed by atoms with E-state index in [1.807, 2.05) is 19.1 Å². The van der Waals surface area contributed by atoms with Gasteiger partial charge in [0.1, 0.15) is 0 Å². The van der Waals surface area contributed by atoms with Gasteiger partial charge in [-0.15, -0.1) is 0 Å². The van der Waals surface area contributed by atoms with Crippen molar-refractivity contribution in [2.75, 3.05) is 32.8 Å². The van der Waals surface area contributed by atoms with Crippen LogP contribution in [-0.4, -0.2) is 53.6 Å². The highest BCUT2D eigenvalue weighted by Gasteiger charge is 2.30. The number of aromatic hydroxyl groups is 1. The van der Waals surface area contributed by atoms with E-state index < -0.39 is 0 Å². The molecule has 144 valence electrons. The first-order valence-electron chi connectivity index (χ1n) is 10.0. The maximum Gasteiger partial charge on any atom is 0.225 e. The van der Waals surface area contributed by atoms with E-state index in [1.165, 1.54) is 6.42 Å². The zero-order valence-corrected chi connectivity index (χ0v) is 16.1. The predicted molar refractivity (Wildman–Crippen MR) is 102 cm³/mol. The molecule has 1 aromatic rings. The molecule has 5 heteroatoms. The lowest BCUT2D eigenvalue weighted by Gasteiger charge is -2.37. The monoisotopic (exact) mass is 360 g/mol. The Morgan fingerprint density at radius 2 is 2.00 bits per heavy atom. The van der Waals surface area contributed by atoms with Gasteiger partial charge in [-0.3, -0.25) is 9.69 Å². The fourth-order valence-corrected chi connectivity index (χ4v) is 4.19. The summed E-state index contributed by atoms with van der Waals surface area (Å²) in [5, 5.41) is 10.4. The first kappa shape index (κ1) is 19.0. The van der Waals surface area contributed by atoms with Crippen molar-refractivity contribution in [2.24, 2.45) is 11.8 Å². The van der Waals surface area contributed by atoms with Crippen molar-refractivity contribution in [3.8, 4) is 11.5 Å². The van der Waals surface area contributed by atoms with Crippen LogP contribution in [0.2, 0.25) is 0 Å². The van der Waals surface area contributed by atoms with Crippen molar-refractivity contribution in [1.29, 1.82) is 0 Å². The van der Waals surface area contributed by atoms with Gasteiger partial charge in [0.15, 0.2) is 11.5 Å². The van der Waals surface area contributed by atoms with E-state index in [2.05, 4.69) is 16.7 Å². The molecule has 2 saturated heterocycles. The Kier molecular flexibility index (Phi) is 6.41. The maximum absolute atomic E-state index is 12.8. The average molecular weight is 360 g/mol. The number of nitrogens with zero attached hydrogens (tertiary/aromatic N) is 2. The molecule has 0 bridgehead atoms. The molecular formula is C21H32N2O3. The fourth-order valence-electron chi connectivity index (χ4n) is 4.19. The Morgan fingerprint density at radius 3 is 2.69 bits per heavy atom. The van der Waals surface area contributed by atoms with Crippen LogP contribution in [0.1, 0.15) is 45.1 Å². The Balaban J connectivity index is 1.52. The molecule has 5 nitrogen and oxygen atoms in total. The molecular weight excluding hydrogens is 328 g/mol. The van der Waals surface area contributed by atoms with E-state index >= 15 is 0 Å². The molecule has 3 rings (SSSR count). The molecule has 2 heterocycles. The summed E-state index contributed by atoms with van der Waals surface area (Å²) in [7, 11) is 0. The van der Waals surface area contributed by atoms with Gasteiger partial charge in [-0.05, 0) is 57.7 Å². The first-order valence-corrected chi connectivity index (χ1v) is 10.0. The lowest BCUT2D eigenvalue weighted by molar-refractivity contribution is -0.138. The Morgan fingerprint density at radius 1 is 1.23 bits per heavy atom. The predicted octanol–water partition coefficient (Wildman–Crippen LogP) is 3.26. The fraction of sp³-hybridized carbons (Fsp3) is 0.667. The van der Waals surface area contributed by atoms with Gasteiger partial charge in [-0.25, -0.2) is 0 Å². The summed E-state index contributed by atoms with van der Waals surface area (Å²) in [6.45, 7) is 9.06. The third-order valence-electron chi connectivity index (χ3n) is 5.68. The van der Waals surface area contributed by atoms with Gasteiger partial charge < -0.3 is 14.7 Å². The van der Waals surface area contributed by atoms with Crippen LogP contribution in [0.4, 0.5) is 0 Å². The number of hydrogen-bond acceptors (Lipinski definition) is 4. The molecule has 1 atom stereocenters. The minimum Gasteiger partial charge on any atom is -0.504 e. The quantitative estimate of drug-likeness (QED) is 0.876. The summed E-state index contributed by atoms with van der Waals surface area (Å²) in [6, 6.07) is 5.67. The molecule has 1 aromatic carbocycles. The number of ether oxygens (including phenoxy) is 1. The van der Waals surface area contributed by atoms with E-state index in [0.29, 0.717) is 30.7 Å². The smallest absolute Gasteiger partial charge is 0.225 e. The van der Waals surface area contributed by atoms with E-state index in [1.54, 1.807) is 6.07 Å². The molecule has 1 unspecified atom stereocenters. The first-order chi connectivity index (χ1) is 12.6. The second-order valence-electron chi connectivity index (χ2n) is 7.78. The summed E-state index contributed by atoms with van der Waals surface area (Å²) in [5.41, 5.74) is 0.894. The number of benzene rings is 1. The Hall–Kier alpha value is -1.75. The molecule has 0 spiro atoms. The number of phenolic OH excluding ortho intramolecular Hbond substituents is 1. The molecule has 0 aliphatic carbocycles. The van der Waals surface area contributed by atoms with E-state index in [-0.39, 0.29) is 11.7 Å². The number of rotatable bonds is 5. The zero-order valence-electron chi connectivity index (χ0n) is 16.1. The maximum atomic E-state index is 12.8. The number of piperidine rings is 2. The number of carbonyl (C=O) groups is 1. The van der Waals surface area contributed by atoms with Crippen molar-refractivity contribution in [3.05, 3.63) is 23.8 Å². The van der Waals surface area contributed by atoms with Gasteiger partial charge in [-0.2, -0.15) is 0 Å². The highest BCUT2D eigenvalue weighted by Crippen LogP contribution is 2.32. The Labute approximate surface area is 156 Å². The van der Waals surface area contributed by atoms with E-state index in [4.69, 9.17) is 4.74 Å². The largest absolute Gasteiger partial charge is 0.504 e. The summed E-state index contributed by atoms with van der Waals surface area (Å²) in [6.07, 6.45) is 4.21. The number of likely N-dealkylation sites (tertiary alicyclic amines) is 2. The van der Waals surface area contributed by atoms with Crippen molar-refractivity contribution in [2.45, 2.75) is 46.1 Å². The molecule has 2 aliphatic rings. The highest BCUT2D eigenvalue weighted by atomic mass is 16.5. The van der Waals surface area contributed by atoms with Gasteiger partial charge in [-0.1, -0.05) is 19.1 Å². The summed E-state index contributed by atoms with van der Waals surface area (Å²) in [4.78, 5) is 17.2. The van der Waals surface area contributed by atoms with Gasteiger partial charge in [0, 0.05) is 31.1 Å². The minimum absolute atomic E-state index is 0.167. The molecule has 26 heavy (non-hydrogen) atoms. The van der Waals surface area contributed by atoms with Gasteiger partial charge in [0.25, 0.3) is 0 Å². The topological polar surface area (TPSA) is 53.0 Å². The molecule has 2 fully saturated rings. The highest BCUT2D eigenvalue weighted by molar-refractivity contribution is 5.79. The van der Waals surface area contributed by atoms with Crippen LogP contribution < -0.4 is 4.74 Å². The summed E-state index contributed by atoms with van der Waals surface area (Å²) < 4.78 is 5.47. The second kappa shape index (κ2) is 8.76. The number of carbonyl (C=O) groups excluding carboxylic acids is 1. The van der Waals surface area contributed by atoms with Gasteiger partial charge >= 0.3 is 0 Å². The van der Waals surface area contributed by atoms with Gasteiger partial charge in [0.05, 0.1) is 6.61 Å². The summed E-state index contributed by atoms with van der Waals surface area (Å²) >= 11 is 0. The number of amides is 1. The van der Waals surface area contributed by atoms with Crippen molar-refractivity contribution >= 4 is 5.91 Å². The average Bonchev–Trinajstić information content (AvgIpc) is 2.65. The normalized spacial score (nSPS) is 22.4. The second-order valence-corrected chi connectivity index (χ2v) is 7.78. The van der Waals surface area contributed by atoms with E-state index in [9.17, 15) is 9.90 Å². The third kappa shape index (κ3) is 4.50. The lowest BCUT2D eigenvalue weighted by atomic mass is 9.92. The minimum atomic E-state index is 0.167. The number of hydrogen-bond donors (Lipinski definition) is 1. The van der Waals surface area contributed by atoms with Crippen molar-refractivity contribution in [1.82, 2.24) is 9.80 Å². The molecule has 2 aliphatic heterocycles. The van der Waals surface area contributed by atoms with Crippen LogP contribution >= 0.6 is 0 Å². The molecule has 0 saturated carbocycles. The van der Waals surface area contributed by atoms with Crippen LogP contribution in [0.15, 0.2) is 18.2 Å². The summed E-state index contributed by atoms with van der Waals surface area (Å²) in [5.74, 6) is 1.95. The Bertz CT molecular complexity index is 611. The lowest BCUT2D eigenvalue weighted by Crippen LogP contribution is -2.45. The molecule has 0 radical (unpaired) electrons. The molecule has 1 amide bonds. The van der Waals surface area contributed by atoms with Crippen LogP contribution in [0.25, 0.3) is 0 Å². The van der Waals surface area contributed by atoms with Crippen LogP contribution in [0.5, 0.6) is 11.5 Å². The van der Waals surface area contributed by atoms with Crippen LogP contribution in [-0.2, 0) is 11.3 Å². The zero-order chi connectivity index (χ0) is 18.5. The van der Waals surface area contributed by atoms with Crippen molar-refractivity contribution < 1.29 is 14.6 Å². The van der Waals surface area contributed by atoms with Crippen molar-refractivity contribution in [3.63, 3.8) is 0 Å². The molecule has 1 N–H and O–H groups in total. The standard InChI is InChI=1S/C21H32N2O3/c1-3-26-19-8-4-7-18(20(19)24)15-22-12-9-17(10-13-22)21(25)23-11-5-6-16(2)14-23/h4,7-8,16-17,24H,3,5-6,9-15H2,1-2H3. The number of phenols is 1. The van der Waals surface area contributed by atoms with E-state index in [0.717, 1.165) is 51.0 Å². The number of para-hydroxylation sites is 1. The van der Waals surface area contributed by atoms with Crippen LogP contribution in [0, 0.1) is 11.8 Å². The SMILES string of the molecule is CCOc1cccc(CN2CCC(C(=O)N3CCCC(C)C3)CC2)c1O. The molecule has 0 aromatic heterocycles. The third-order valence-corrected chi connectivity index (χ3v) is 5.68. The van der Waals surface area contributed by atoms with Gasteiger partial charge in [0.2, 0.25) is 5.91 Å².